The second-order valence-electron chi connectivity index (χ2n) is 15.6. The number of aromatic nitrogens is 1. The Morgan fingerprint density at radius 3 is 2.15 bits per heavy atom. The van der Waals surface area contributed by atoms with E-state index in [9.17, 15) is 9.59 Å². The fourth-order valence-electron chi connectivity index (χ4n) is 8.05. The van der Waals surface area contributed by atoms with Gasteiger partial charge in [-0.2, -0.15) is 0 Å². The molecule has 0 fully saturated rings. The Morgan fingerprint density at radius 1 is 0.778 bits per heavy atom. The number of hydrogen-bond donors (Lipinski definition) is 0. The molecule has 0 radical (unpaired) electrons. The van der Waals surface area contributed by atoms with Crippen LogP contribution in [0.1, 0.15) is 101 Å². The highest BCUT2D eigenvalue weighted by atomic mass is 16.2. The summed E-state index contributed by atoms with van der Waals surface area (Å²) in [6, 6.07) is 24.7. The molecule has 8 nitrogen and oxygen atoms in total. The SMILES string of the molecule is CCCCN(CCCC)C(=O)c1cc(-c2cc3c(cc2C(=O)N2Cc4ccccc4C[C@H]2C)CN(C(=O)Cc2ccccc2)CC3)n(CCN(C)C)c1C. The van der Waals surface area contributed by atoms with Gasteiger partial charge in [0.1, 0.15) is 0 Å². The summed E-state index contributed by atoms with van der Waals surface area (Å²) in [5.74, 6) is 0.150. The van der Waals surface area contributed by atoms with Crippen LogP contribution in [0.3, 0.4) is 0 Å². The third-order valence-corrected chi connectivity index (χ3v) is 11.4. The third-order valence-electron chi connectivity index (χ3n) is 11.4. The summed E-state index contributed by atoms with van der Waals surface area (Å²) in [4.78, 5) is 51.1. The van der Waals surface area contributed by atoms with Crippen molar-refractivity contribution < 1.29 is 14.4 Å². The standard InChI is InChI=1S/C46H59N5O3/c1-7-9-21-48(22-10-8-2)45(53)40-30-43(50(34(40)4)25-24-47(5)6)41-28-37-20-23-49(44(52)27-35-16-12-11-13-17-35)31-39(37)29-42(41)46(54)51-32-38-19-15-14-18-36(38)26-33(51)3/h11-19,28-30,33H,7-10,20-27,31-32H2,1-6H3/t33-/m1/s1. The van der Waals surface area contributed by atoms with E-state index in [4.69, 9.17) is 0 Å². The van der Waals surface area contributed by atoms with Gasteiger partial charge >= 0.3 is 0 Å². The Hall–Kier alpha value is -4.69. The zero-order chi connectivity index (χ0) is 38.4. The van der Waals surface area contributed by atoms with E-state index in [0.717, 1.165) is 85.4 Å². The van der Waals surface area contributed by atoms with E-state index >= 15 is 4.79 Å². The molecular weight excluding hydrogens is 671 g/mol. The minimum atomic E-state index is -0.0130. The van der Waals surface area contributed by atoms with Crippen LogP contribution in [0.15, 0.2) is 72.8 Å². The Bertz CT molecular complexity index is 1940. The fourth-order valence-corrected chi connectivity index (χ4v) is 8.05. The highest BCUT2D eigenvalue weighted by molar-refractivity contribution is 6.03. The van der Waals surface area contributed by atoms with Gasteiger partial charge in [0, 0.05) is 74.4 Å². The summed E-state index contributed by atoms with van der Waals surface area (Å²) >= 11 is 0. The maximum Gasteiger partial charge on any atom is 0.255 e. The van der Waals surface area contributed by atoms with Gasteiger partial charge in [-0.15, -0.1) is 0 Å². The van der Waals surface area contributed by atoms with Crippen LogP contribution in [0.5, 0.6) is 0 Å². The molecule has 8 heteroatoms. The zero-order valence-electron chi connectivity index (χ0n) is 33.4. The van der Waals surface area contributed by atoms with Crippen LogP contribution in [0.25, 0.3) is 11.3 Å². The lowest BCUT2D eigenvalue weighted by Crippen LogP contribution is -2.43. The van der Waals surface area contributed by atoms with Gasteiger partial charge in [-0.25, -0.2) is 0 Å². The first-order valence-electron chi connectivity index (χ1n) is 20.1. The molecule has 3 amide bonds. The molecule has 0 saturated carbocycles. The first-order valence-corrected chi connectivity index (χ1v) is 20.1. The topological polar surface area (TPSA) is 69.1 Å². The van der Waals surface area contributed by atoms with Gasteiger partial charge in [0.2, 0.25) is 5.91 Å². The molecular formula is C46H59N5O3. The van der Waals surface area contributed by atoms with Gasteiger partial charge in [-0.05, 0) is 99.6 Å². The molecule has 0 saturated heterocycles. The molecule has 0 N–H and O–H groups in total. The van der Waals surface area contributed by atoms with E-state index < -0.39 is 0 Å². The molecule has 2 aliphatic heterocycles. The van der Waals surface area contributed by atoms with Crippen LogP contribution in [0.2, 0.25) is 0 Å². The predicted octanol–water partition coefficient (Wildman–Crippen LogP) is 7.78. The minimum Gasteiger partial charge on any atom is -0.343 e. The first kappa shape index (κ1) is 39.0. The van der Waals surface area contributed by atoms with Gasteiger partial charge < -0.3 is 24.2 Å². The Labute approximate surface area is 322 Å². The van der Waals surface area contributed by atoms with Crippen LogP contribution < -0.4 is 0 Å². The number of carbonyl (C=O) groups is 3. The second kappa shape index (κ2) is 17.6. The van der Waals surface area contributed by atoms with Crippen LogP contribution in [-0.2, 0) is 43.7 Å². The largest absolute Gasteiger partial charge is 0.343 e. The third kappa shape index (κ3) is 8.65. The van der Waals surface area contributed by atoms with Crippen molar-refractivity contribution in [3.05, 3.63) is 117 Å². The number of hydrogen-bond acceptors (Lipinski definition) is 4. The Morgan fingerprint density at radius 2 is 1.46 bits per heavy atom. The van der Waals surface area contributed by atoms with Crippen molar-refractivity contribution in [1.82, 2.24) is 24.2 Å². The van der Waals surface area contributed by atoms with Gasteiger partial charge in [-0.1, -0.05) is 81.3 Å². The maximum absolute atomic E-state index is 15.1. The summed E-state index contributed by atoms with van der Waals surface area (Å²) in [7, 11) is 4.13. The number of unbranched alkanes of at least 4 members (excludes halogenated alkanes) is 2. The number of benzene rings is 3. The van der Waals surface area contributed by atoms with Crippen LogP contribution >= 0.6 is 0 Å². The van der Waals surface area contributed by atoms with Crippen molar-refractivity contribution in [2.24, 2.45) is 0 Å². The predicted molar refractivity (Wildman–Crippen MR) is 218 cm³/mol. The maximum atomic E-state index is 15.1. The minimum absolute atomic E-state index is 0.0130. The number of carbonyl (C=O) groups excluding carboxylic acids is 3. The smallest absolute Gasteiger partial charge is 0.255 e. The molecule has 6 rings (SSSR count). The Kier molecular flexibility index (Phi) is 12.7. The lowest BCUT2D eigenvalue weighted by molar-refractivity contribution is -0.131. The summed E-state index contributed by atoms with van der Waals surface area (Å²) in [5, 5.41) is 0. The van der Waals surface area contributed by atoms with Crippen LogP contribution in [0, 0.1) is 6.92 Å². The summed E-state index contributed by atoms with van der Waals surface area (Å²) in [6.45, 7) is 13.1. The van der Waals surface area contributed by atoms with Gasteiger partial charge in [-0.3, -0.25) is 14.4 Å². The van der Waals surface area contributed by atoms with Crippen LogP contribution in [0.4, 0.5) is 0 Å². The van der Waals surface area contributed by atoms with Crippen molar-refractivity contribution >= 4 is 17.7 Å². The van der Waals surface area contributed by atoms with E-state index in [0.29, 0.717) is 50.1 Å². The molecule has 54 heavy (non-hydrogen) atoms. The van der Waals surface area contributed by atoms with E-state index in [1.165, 1.54) is 11.1 Å². The van der Waals surface area contributed by atoms with E-state index in [2.05, 4.69) is 87.7 Å². The van der Waals surface area contributed by atoms with Crippen LogP contribution in [-0.4, -0.2) is 88.2 Å². The summed E-state index contributed by atoms with van der Waals surface area (Å²) in [6.07, 6.45) is 5.84. The van der Waals surface area contributed by atoms with Crippen molar-refractivity contribution in [3.63, 3.8) is 0 Å². The van der Waals surface area contributed by atoms with Gasteiger partial charge in [0.05, 0.1) is 12.0 Å². The van der Waals surface area contributed by atoms with Gasteiger partial charge in [0.15, 0.2) is 0 Å². The quantitative estimate of drug-likeness (QED) is 0.133. The molecule has 0 spiro atoms. The molecule has 0 unspecified atom stereocenters. The number of fused-ring (bicyclic) bond motifs is 2. The summed E-state index contributed by atoms with van der Waals surface area (Å²) < 4.78 is 2.26. The molecule has 286 valence electrons. The zero-order valence-corrected chi connectivity index (χ0v) is 33.4. The monoisotopic (exact) mass is 729 g/mol. The van der Waals surface area contributed by atoms with Crippen molar-refractivity contribution in [1.29, 1.82) is 0 Å². The molecule has 0 bridgehead atoms. The van der Waals surface area contributed by atoms with Crippen molar-refractivity contribution in [3.8, 4) is 11.3 Å². The van der Waals surface area contributed by atoms with Crippen molar-refractivity contribution in [2.75, 3.05) is 40.3 Å². The first-order chi connectivity index (χ1) is 26.1. The molecule has 3 aromatic carbocycles. The molecule has 2 aliphatic rings. The average molecular weight is 730 g/mol. The molecule has 1 aromatic heterocycles. The van der Waals surface area contributed by atoms with Crippen molar-refractivity contribution in [2.45, 2.75) is 98.3 Å². The normalized spacial score (nSPS) is 15.3. The highest BCUT2D eigenvalue weighted by Gasteiger charge is 2.33. The number of nitrogens with zero attached hydrogens (tertiary/aromatic N) is 5. The Balaban J connectivity index is 1.45. The summed E-state index contributed by atoms with van der Waals surface area (Å²) in [5.41, 5.74) is 9.69. The molecule has 1 atom stereocenters. The second-order valence-corrected chi connectivity index (χ2v) is 15.6. The highest BCUT2D eigenvalue weighted by Crippen LogP contribution is 2.36. The lowest BCUT2D eigenvalue weighted by atomic mass is 9.89. The number of rotatable bonds is 14. The lowest BCUT2D eigenvalue weighted by Gasteiger charge is -2.36. The van der Waals surface area contributed by atoms with E-state index in [1.807, 2.05) is 51.1 Å². The van der Waals surface area contributed by atoms with E-state index in [-0.39, 0.29) is 23.8 Å². The number of amides is 3. The molecule has 0 aliphatic carbocycles. The van der Waals surface area contributed by atoms with E-state index in [1.54, 1.807) is 0 Å². The molecule has 3 heterocycles. The average Bonchev–Trinajstić information content (AvgIpc) is 3.51. The number of likely N-dealkylation sites (N-methyl/N-ethyl adjacent to an activating group) is 1. The van der Waals surface area contributed by atoms with Gasteiger partial charge in [0.25, 0.3) is 11.8 Å². The fraction of sp³-hybridized carbons (Fsp3) is 0.457. The molecule has 4 aromatic rings.